The summed E-state index contributed by atoms with van der Waals surface area (Å²) in [5.41, 5.74) is 3.13. The average molecular weight is 421 g/mol. The number of aryl methyl sites for hydroxylation is 3. The van der Waals surface area contributed by atoms with Crippen molar-refractivity contribution in [3.05, 3.63) is 91.5 Å². The fourth-order valence-corrected chi connectivity index (χ4v) is 4.02. The predicted octanol–water partition coefficient (Wildman–Crippen LogP) is 5.11. The van der Waals surface area contributed by atoms with Gasteiger partial charge in [0.2, 0.25) is 5.76 Å². The molecule has 1 aliphatic rings. The number of carbonyl (C=O) groups is 1. The highest BCUT2D eigenvalue weighted by Crippen LogP contribution is 2.41. The summed E-state index contributed by atoms with van der Waals surface area (Å²) in [6.45, 7) is 5.61. The number of hydrogen-bond donors (Lipinski definition) is 0. The van der Waals surface area contributed by atoms with E-state index in [1.807, 2.05) is 19.9 Å². The highest BCUT2D eigenvalue weighted by atomic mass is 35.5. The van der Waals surface area contributed by atoms with Crippen LogP contribution in [0.2, 0.25) is 5.02 Å². The lowest BCUT2D eigenvalue weighted by molar-refractivity contribution is 0.0969. The van der Waals surface area contributed by atoms with Crippen molar-refractivity contribution in [3.63, 3.8) is 0 Å². The molecule has 4 aromatic rings. The second kappa shape index (κ2) is 6.57. The third kappa shape index (κ3) is 2.68. The molecule has 150 valence electrons. The number of nitrogens with zero attached hydrogens (tertiary/aromatic N) is 2. The highest BCUT2D eigenvalue weighted by Gasteiger charge is 2.44. The molecule has 2 aromatic carbocycles. The SMILES string of the molecule is Cc1cc(N2C(=O)c3oc4cc(C)c(C)cc4c(=O)c3[C@@H]2c2ccc(Cl)cc2)no1. The van der Waals surface area contributed by atoms with Crippen LogP contribution in [0.25, 0.3) is 11.0 Å². The summed E-state index contributed by atoms with van der Waals surface area (Å²) in [5, 5.41) is 5.02. The Morgan fingerprint density at radius 2 is 1.70 bits per heavy atom. The van der Waals surface area contributed by atoms with E-state index in [4.69, 9.17) is 20.5 Å². The Hall–Kier alpha value is -3.38. The molecule has 0 N–H and O–H groups in total. The lowest BCUT2D eigenvalue weighted by Gasteiger charge is -2.22. The van der Waals surface area contributed by atoms with Crippen molar-refractivity contribution < 1.29 is 13.7 Å². The van der Waals surface area contributed by atoms with Gasteiger partial charge in [0.1, 0.15) is 11.3 Å². The number of carbonyl (C=O) groups excluding carboxylic acids is 1. The van der Waals surface area contributed by atoms with E-state index in [2.05, 4.69) is 5.16 Å². The molecule has 0 spiro atoms. The molecule has 3 heterocycles. The van der Waals surface area contributed by atoms with Crippen LogP contribution >= 0.6 is 11.6 Å². The molecular formula is C23H17ClN2O4. The van der Waals surface area contributed by atoms with E-state index in [0.29, 0.717) is 33.1 Å². The molecule has 0 bridgehead atoms. The van der Waals surface area contributed by atoms with Gasteiger partial charge >= 0.3 is 0 Å². The smallest absolute Gasteiger partial charge is 0.296 e. The van der Waals surface area contributed by atoms with E-state index in [-0.39, 0.29) is 11.2 Å². The first kappa shape index (κ1) is 18.6. The summed E-state index contributed by atoms with van der Waals surface area (Å²) in [4.78, 5) is 28.4. The molecule has 1 atom stereocenters. The van der Waals surface area contributed by atoms with E-state index in [9.17, 15) is 9.59 Å². The van der Waals surface area contributed by atoms with Gasteiger partial charge in [-0.2, -0.15) is 0 Å². The minimum Gasteiger partial charge on any atom is -0.450 e. The summed E-state index contributed by atoms with van der Waals surface area (Å²) in [7, 11) is 0. The molecule has 1 aliphatic heterocycles. The molecule has 5 rings (SSSR count). The van der Waals surface area contributed by atoms with Gasteiger partial charge in [0.25, 0.3) is 5.91 Å². The lowest BCUT2D eigenvalue weighted by Crippen LogP contribution is -2.29. The Balaban J connectivity index is 1.83. The molecule has 1 amide bonds. The average Bonchev–Trinajstić information content (AvgIpc) is 3.26. The maximum absolute atomic E-state index is 13.6. The van der Waals surface area contributed by atoms with Crippen molar-refractivity contribution in [1.29, 1.82) is 0 Å². The van der Waals surface area contributed by atoms with Gasteiger partial charge in [-0.25, -0.2) is 0 Å². The van der Waals surface area contributed by atoms with E-state index in [0.717, 1.165) is 16.7 Å². The van der Waals surface area contributed by atoms with E-state index < -0.39 is 11.9 Å². The number of anilines is 1. The standard InChI is InChI=1S/C23H17ClN2O4/c1-11-8-16-17(9-12(11)2)29-22-19(21(16)27)20(14-4-6-15(24)7-5-14)26(23(22)28)18-10-13(3)30-25-18/h4-10,20H,1-3H3/t20-/m0/s1. The number of aromatic nitrogens is 1. The number of benzene rings is 2. The Kier molecular flexibility index (Phi) is 4.08. The van der Waals surface area contributed by atoms with Crippen LogP contribution in [0.5, 0.6) is 0 Å². The molecule has 2 aromatic heterocycles. The normalized spacial score (nSPS) is 15.8. The van der Waals surface area contributed by atoms with Crippen LogP contribution in [0.15, 0.2) is 56.2 Å². The molecule has 0 saturated heterocycles. The Bertz CT molecular complexity index is 1390. The fraction of sp³-hybridized carbons (Fsp3) is 0.174. The summed E-state index contributed by atoms with van der Waals surface area (Å²) in [5.74, 6) is 0.464. The van der Waals surface area contributed by atoms with Crippen molar-refractivity contribution in [1.82, 2.24) is 5.16 Å². The highest BCUT2D eigenvalue weighted by molar-refractivity contribution is 6.30. The van der Waals surface area contributed by atoms with Gasteiger partial charge in [0, 0.05) is 11.1 Å². The molecular weight excluding hydrogens is 404 g/mol. The van der Waals surface area contributed by atoms with Gasteiger partial charge in [0.15, 0.2) is 11.2 Å². The first-order chi connectivity index (χ1) is 14.3. The minimum absolute atomic E-state index is 0.0244. The molecule has 0 unspecified atom stereocenters. The topological polar surface area (TPSA) is 76.6 Å². The molecule has 0 aliphatic carbocycles. The largest absolute Gasteiger partial charge is 0.450 e. The van der Waals surface area contributed by atoms with Crippen LogP contribution < -0.4 is 10.3 Å². The quantitative estimate of drug-likeness (QED) is 0.450. The van der Waals surface area contributed by atoms with Crippen LogP contribution in [-0.4, -0.2) is 11.1 Å². The lowest BCUT2D eigenvalue weighted by atomic mass is 9.97. The van der Waals surface area contributed by atoms with Gasteiger partial charge < -0.3 is 8.94 Å². The zero-order valence-corrected chi connectivity index (χ0v) is 17.3. The van der Waals surface area contributed by atoms with Gasteiger partial charge in [-0.05, 0) is 61.7 Å². The fourth-order valence-electron chi connectivity index (χ4n) is 3.89. The van der Waals surface area contributed by atoms with Crippen LogP contribution in [0.1, 0.15) is 44.6 Å². The Morgan fingerprint density at radius 3 is 2.37 bits per heavy atom. The number of rotatable bonds is 2. The summed E-state index contributed by atoms with van der Waals surface area (Å²) in [6.07, 6.45) is 0. The Morgan fingerprint density at radius 1 is 1.00 bits per heavy atom. The first-order valence-corrected chi connectivity index (χ1v) is 9.83. The zero-order chi connectivity index (χ0) is 21.2. The van der Waals surface area contributed by atoms with Crippen molar-refractivity contribution in [2.24, 2.45) is 0 Å². The monoisotopic (exact) mass is 420 g/mol. The molecule has 0 saturated carbocycles. The van der Waals surface area contributed by atoms with Gasteiger partial charge in [-0.15, -0.1) is 0 Å². The molecule has 0 radical (unpaired) electrons. The summed E-state index contributed by atoms with van der Waals surface area (Å²) >= 11 is 6.06. The second-order valence-corrected chi connectivity index (χ2v) is 7.97. The maximum atomic E-state index is 13.6. The van der Waals surface area contributed by atoms with Gasteiger partial charge in [-0.3, -0.25) is 14.5 Å². The second-order valence-electron chi connectivity index (χ2n) is 7.53. The summed E-state index contributed by atoms with van der Waals surface area (Å²) < 4.78 is 11.2. The van der Waals surface area contributed by atoms with Crippen LogP contribution in [0.4, 0.5) is 5.82 Å². The molecule has 0 fully saturated rings. The van der Waals surface area contributed by atoms with Gasteiger partial charge in [0.05, 0.1) is 17.0 Å². The van der Waals surface area contributed by atoms with Crippen molar-refractivity contribution in [2.45, 2.75) is 26.8 Å². The maximum Gasteiger partial charge on any atom is 0.296 e. The van der Waals surface area contributed by atoms with Crippen LogP contribution in [0.3, 0.4) is 0 Å². The molecule has 30 heavy (non-hydrogen) atoms. The summed E-state index contributed by atoms with van der Waals surface area (Å²) in [6, 6.07) is 11.6. The first-order valence-electron chi connectivity index (χ1n) is 9.45. The van der Waals surface area contributed by atoms with Crippen LogP contribution in [0, 0.1) is 20.8 Å². The third-order valence-electron chi connectivity index (χ3n) is 5.53. The van der Waals surface area contributed by atoms with E-state index in [1.54, 1.807) is 43.3 Å². The number of hydrogen-bond acceptors (Lipinski definition) is 5. The zero-order valence-electron chi connectivity index (χ0n) is 16.5. The molecule has 7 heteroatoms. The van der Waals surface area contributed by atoms with Crippen molar-refractivity contribution in [3.8, 4) is 0 Å². The van der Waals surface area contributed by atoms with E-state index in [1.165, 1.54) is 4.90 Å². The van der Waals surface area contributed by atoms with Crippen molar-refractivity contribution in [2.75, 3.05) is 4.90 Å². The molecule has 6 nitrogen and oxygen atoms in total. The number of fused-ring (bicyclic) bond motifs is 2. The predicted molar refractivity (Wildman–Crippen MR) is 113 cm³/mol. The van der Waals surface area contributed by atoms with Gasteiger partial charge in [-0.1, -0.05) is 28.9 Å². The van der Waals surface area contributed by atoms with E-state index >= 15 is 0 Å². The number of amides is 1. The Labute approximate surface area is 176 Å². The van der Waals surface area contributed by atoms with Crippen LogP contribution in [-0.2, 0) is 0 Å². The third-order valence-corrected chi connectivity index (χ3v) is 5.79. The van der Waals surface area contributed by atoms with Crippen molar-refractivity contribution >= 4 is 34.3 Å². The number of halogens is 1. The minimum atomic E-state index is -0.698.